The molecule has 3 nitrogen and oxygen atoms in total. The number of thiazole rings is 1. The zero-order valence-electron chi connectivity index (χ0n) is 7.82. The number of nitrogens with one attached hydrogen (secondary N) is 2. The van der Waals surface area contributed by atoms with E-state index in [4.69, 9.17) is 0 Å². The Labute approximate surface area is 86.8 Å². The molecule has 0 saturated carbocycles. The molecular weight excluding hydrogens is 194 g/mol. The molecule has 0 fully saturated rings. The minimum Gasteiger partial charge on any atom is -0.297 e. The first-order chi connectivity index (χ1) is 6.90. The topological polar surface area (TPSA) is 37.0 Å². The molecule has 2 rings (SSSR count). The molecule has 0 aliphatic heterocycles. The van der Waals surface area contributed by atoms with Crippen LogP contribution in [0.3, 0.4) is 0 Å². The number of hydrazine groups is 1. The van der Waals surface area contributed by atoms with E-state index >= 15 is 0 Å². The van der Waals surface area contributed by atoms with Gasteiger partial charge in [-0.1, -0.05) is 30.3 Å². The fourth-order valence-electron chi connectivity index (χ4n) is 1.18. The van der Waals surface area contributed by atoms with Gasteiger partial charge in [0, 0.05) is 18.0 Å². The summed E-state index contributed by atoms with van der Waals surface area (Å²) in [7, 11) is 1.82. The van der Waals surface area contributed by atoms with Crippen LogP contribution in [0.5, 0.6) is 0 Å². The van der Waals surface area contributed by atoms with Gasteiger partial charge in [0.15, 0.2) is 5.13 Å². The Hall–Kier alpha value is -1.39. The maximum absolute atomic E-state index is 4.42. The summed E-state index contributed by atoms with van der Waals surface area (Å²) in [6.45, 7) is 0. The minimum atomic E-state index is 0.881. The molecule has 2 aromatic rings. The second-order valence-electron chi connectivity index (χ2n) is 2.78. The van der Waals surface area contributed by atoms with Gasteiger partial charge in [-0.2, -0.15) is 0 Å². The van der Waals surface area contributed by atoms with E-state index in [0.29, 0.717) is 0 Å². The SMILES string of the molecule is CNNc1nc(-c2ccccc2)cs1. The second kappa shape index (κ2) is 4.21. The number of aromatic nitrogens is 1. The number of anilines is 1. The number of hydrogen-bond acceptors (Lipinski definition) is 4. The van der Waals surface area contributed by atoms with Gasteiger partial charge in [-0.25, -0.2) is 10.4 Å². The van der Waals surface area contributed by atoms with Gasteiger partial charge < -0.3 is 0 Å². The van der Waals surface area contributed by atoms with E-state index in [1.807, 2.05) is 30.6 Å². The van der Waals surface area contributed by atoms with Crippen molar-refractivity contribution in [1.29, 1.82) is 0 Å². The van der Waals surface area contributed by atoms with Crippen LogP contribution in [-0.4, -0.2) is 12.0 Å². The van der Waals surface area contributed by atoms with Crippen molar-refractivity contribution in [2.24, 2.45) is 0 Å². The highest BCUT2D eigenvalue weighted by atomic mass is 32.1. The van der Waals surface area contributed by atoms with Crippen LogP contribution < -0.4 is 10.9 Å². The number of rotatable bonds is 3. The largest absolute Gasteiger partial charge is 0.297 e. The van der Waals surface area contributed by atoms with Crippen molar-refractivity contribution < 1.29 is 0 Å². The third-order valence-corrected chi connectivity index (χ3v) is 2.56. The summed E-state index contributed by atoms with van der Waals surface area (Å²) in [5.41, 5.74) is 7.96. The Morgan fingerprint density at radius 1 is 1.21 bits per heavy atom. The molecule has 0 amide bonds. The van der Waals surface area contributed by atoms with E-state index in [0.717, 1.165) is 16.4 Å². The Kier molecular flexibility index (Phi) is 2.76. The zero-order valence-corrected chi connectivity index (χ0v) is 8.64. The van der Waals surface area contributed by atoms with Crippen LogP contribution in [0.1, 0.15) is 0 Å². The quantitative estimate of drug-likeness (QED) is 0.755. The molecule has 72 valence electrons. The molecule has 1 aromatic carbocycles. The van der Waals surface area contributed by atoms with E-state index < -0.39 is 0 Å². The summed E-state index contributed by atoms with van der Waals surface area (Å²) in [6, 6.07) is 10.1. The van der Waals surface area contributed by atoms with Gasteiger partial charge in [0.1, 0.15) is 0 Å². The van der Waals surface area contributed by atoms with Crippen molar-refractivity contribution in [3.63, 3.8) is 0 Å². The van der Waals surface area contributed by atoms with E-state index in [-0.39, 0.29) is 0 Å². The second-order valence-corrected chi connectivity index (χ2v) is 3.64. The maximum Gasteiger partial charge on any atom is 0.197 e. The van der Waals surface area contributed by atoms with E-state index in [1.165, 1.54) is 0 Å². The highest BCUT2D eigenvalue weighted by Gasteiger charge is 2.01. The first-order valence-electron chi connectivity index (χ1n) is 4.34. The van der Waals surface area contributed by atoms with E-state index in [2.05, 4.69) is 28.0 Å². The van der Waals surface area contributed by atoms with Crippen LogP contribution in [-0.2, 0) is 0 Å². The lowest BCUT2D eigenvalue weighted by atomic mass is 10.2. The van der Waals surface area contributed by atoms with Gasteiger partial charge in [-0.15, -0.1) is 11.3 Å². The van der Waals surface area contributed by atoms with Gasteiger partial charge in [0.25, 0.3) is 0 Å². The number of benzene rings is 1. The molecule has 0 aliphatic carbocycles. The zero-order chi connectivity index (χ0) is 9.80. The fraction of sp³-hybridized carbons (Fsp3) is 0.100. The summed E-state index contributed by atoms with van der Waals surface area (Å²) in [6.07, 6.45) is 0. The lowest BCUT2D eigenvalue weighted by Crippen LogP contribution is -2.14. The highest BCUT2D eigenvalue weighted by Crippen LogP contribution is 2.23. The van der Waals surface area contributed by atoms with Crippen molar-refractivity contribution in [3.05, 3.63) is 35.7 Å². The van der Waals surface area contributed by atoms with Crippen molar-refractivity contribution in [2.75, 3.05) is 12.5 Å². The van der Waals surface area contributed by atoms with E-state index in [9.17, 15) is 0 Å². The van der Waals surface area contributed by atoms with Crippen LogP contribution in [0.15, 0.2) is 35.7 Å². The van der Waals surface area contributed by atoms with Gasteiger partial charge in [-0.3, -0.25) is 5.43 Å². The maximum atomic E-state index is 4.42. The van der Waals surface area contributed by atoms with Gasteiger partial charge in [0.05, 0.1) is 5.69 Å². The lowest BCUT2D eigenvalue weighted by Gasteiger charge is -1.96. The smallest absolute Gasteiger partial charge is 0.197 e. The number of nitrogens with zero attached hydrogens (tertiary/aromatic N) is 1. The molecule has 0 bridgehead atoms. The number of hydrogen-bond donors (Lipinski definition) is 2. The molecule has 2 N–H and O–H groups in total. The molecule has 1 heterocycles. The Bertz CT molecular complexity index is 397. The van der Waals surface area contributed by atoms with Crippen molar-refractivity contribution >= 4 is 16.5 Å². The lowest BCUT2D eigenvalue weighted by molar-refractivity contribution is 0.978. The van der Waals surface area contributed by atoms with Crippen molar-refractivity contribution in [1.82, 2.24) is 10.4 Å². The Morgan fingerprint density at radius 2 is 2.00 bits per heavy atom. The molecule has 14 heavy (non-hydrogen) atoms. The third kappa shape index (κ3) is 1.92. The molecule has 0 spiro atoms. The van der Waals surface area contributed by atoms with Crippen molar-refractivity contribution in [3.8, 4) is 11.3 Å². The summed E-state index contributed by atoms with van der Waals surface area (Å²) < 4.78 is 0. The first-order valence-corrected chi connectivity index (χ1v) is 5.22. The standard InChI is InChI=1S/C10H11N3S/c1-11-13-10-12-9(7-14-10)8-5-3-2-4-6-8/h2-7,11H,1H3,(H,12,13). The van der Waals surface area contributed by atoms with Gasteiger partial charge >= 0.3 is 0 Å². The molecule has 0 unspecified atom stereocenters. The van der Waals surface area contributed by atoms with Gasteiger partial charge in [0.2, 0.25) is 0 Å². The third-order valence-electron chi connectivity index (χ3n) is 1.81. The summed E-state index contributed by atoms with van der Waals surface area (Å²) in [4.78, 5) is 4.42. The molecule has 0 aliphatic rings. The Morgan fingerprint density at radius 3 is 2.71 bits per heavy atom. The minimum absolute atomic E-state index is 0.881. The predicted molar refractivity (Wildman–Crippen MR) is 60.2 cm³/mol. The van der Waals surface area contributed by atoms with Gasteiger partial charge in [-0.05, 0) is 0 Å². The summed E-state index contributed by atoms with van der Waals surface area (Å²) >= 11 is 1.58. The molecule has 1 aromatic heterocycles. The van der Waals surface area contributed by atoms with Crippen LogP contribution in [0, 0.1) is 0 Å². The van der Waals surface area contributed by atoms with Crippen LogP contribution >= 0.6 is 11.3 Å². The monoisotopic (exact) mass is 205 g/mol. The average Bonchev–Trinajstić information content (AvgIpc) is 2.68. The fourth-order valence-corrected chi connectivity index (χ4v) is 1.90. The first kappa shape index (κ1) is 9.18. The summed E-state index contributed by atoms with van der Waals surface area (Å²) in [5.74, 6) is 0. The van der Waals surface area contributed by atoms with Crippen LogP contribution in [0.4, 0.5) is 5.13 Å². The summed E-state index contributed by atoms with van der Waals surface area (Å²) in [5, 5.41) is 2.92. The average molecular weight is 205 g/mol. The molecule has 4 heteroatoms. The highest BCUT2D eigenvalue weighted by molar-refractivity contribution is 7.14. The normalized spacial score (nSPS) is 10.1. The van der Waals surface area contributed by atoms with Crippen LogP contribution in [0.25, 0.3) is 11.3 Å². The van der Waals surface area contributed by atoms with E-state index in [1.54, 1.807) is 11.3 Å². The molecular formula is C10H11N3S. The molecule has 0 saturated heterocycles. The van der Waals surface area contributed by atoms with Crippen LogP contribution in [0.2, 0.25) is 0 Å². The molecule has 0 radical (unpaired) electrons. The van der Waals surface area contributed by atoms with Crippen molar-refractivity contribution in [2.45, 2.75) is 0 Å². The predicted octanol–water partition coefficient (Wildman–Crippen LogP) is 2.36. The molecule has 0 atom stereocenters. The Balaban J connectivity index is 2.25.